The number of hydrogen-bond acceptors (Lipinski definition) is 7. The summed E-state index contributed by atoms with van der Waals surface area (Å²) in [4.78, 5) is 24.3. The van der Waals surface area contributed by atoms with Gasteiger partial charge in [-0.25, -0.2) is 14.8 Å². The van der Waals surface area contributed by atoms with Gasteiger partial charge in [-0.05, 0) is 25.0 Å². The van der Waals surface area contributed by atoms with Crippen molar-refractivity contribution < 1.29 is 14.6 Å². The molecule has 0 aliphatic heterocycles. The van der Waals surface area contributed by atoms with Crippen molar-refractivity contribution in [3.63, 3.8) is 0 Å². The molecule has 0 amide bonds. The molecule has 2 heterocycles. The maximum Gasteiger partial charge on any atom is 0.348 e. The van der Waals surface area contributed by atoms with Gasteiger partial charge in [0, 0.05) is 13.1 Å². The number of benzene rings is 1. The van der Waals surface area contributed by atoms with Crippen LogP contribution in [0.25, 0.3) is 10.2 Å². The molecule has 0 aliphatic carbocycles. The lowest BCUT2D eigenvalue weighted by molar-refractivity contribution is 0.0531. The molecule has 2 aromatic heterocycles. The Morgan fingerprint density at radius 3 is 2.73 bits per heavy atom. The van der Waals surface area contributed by atoms with E-state index in [9.17, 15) is 9.90 Å². The van der Waals surface area contributed by atoms with E-state index in [4.69, 9.17) is 4.74 Å². The third-order valence-electron chi connectivity index (χ3n) is 4.05. The first-order valence-corrected chi connectivity index (χ1v) is 9.28. The molecule has 0 radical (unpaired) electrons. The van der Waals surface area contributed by atoms with Crippen LogP contribution in [-0.4, -0.2) is 40.8 Å². The number of fused-ring (bicyclic) bond motifs is 1. The number of nitrogens with zero attached hydrogens (tertiary/aromatic N) is 3. The third kappa shape index (κ3) is 3.68. The van der Waals surface area contributed by atoms with Gasteiger partial charge in [-0.15, -0.1) is 11.3 Å². The molecular weight excluding hydrogens is 350 g/mol. The number of anilines is 1. The van der Waals surface area contributed by atoms with Crippen molar-refractivity contribution in [2.24, 2.45) is 0 Å². The van der Waals surface area contributed by atoms with Crippen LogP contribution < -0.4 is 4.90 Å². The van der Waals surface area contributed by atoms with Gasteiger partial charge in [-0.2, -0.15) is 0 Å². The normalized spacial score (nSPS) is 10.9. The number of thiophene rings is 1. The van der Waals surface area contributed by atoms with Crippen LogP contribution in [0.15, 0.2) is 36.7 Å². The summed E-state index contributed by atoms with van der Waals surface area (Å²) in [6, 6.07) is 10.0. The first-order valence-electron chi connectivity index (χ1n) is 8.46. The van der Waals surface area contributed by atoms with E-state index < -0.39 is 0 Å². The SMILES string of the molecule is CCOC(=O)c1sc2ncnc(N(CCO)Cc3ccccc3)c2c1C. The molecule has 0 saturated carbocycles. The molecule has 0 fully saturated rings. The number of aromatic nitrogens is 2. The van der Waals surface area contributed by atoms with E-state index in [1.165, 1.54) is 17.7 Å². The molecule has 7 heteroatoms. The number of carbonyl (C=O) groups is 1. The highest BCUT2D eigenvalue weighted by Crippen LogP contribution is 2.35. The average molecular weight is 371 g/mol. The molecule has 0 saturated heterocycles. The van der Waals surface area contributed by atoms with Gasteiger partial charge < -0.3 is 14.7 Å². The van der Waals surface area contributed by atoms with Crippen LogP contribution >= 0.6 is 11.3 Å². The summed E-state index contributed by atoms with van der Waals surface area (Å²) < 4.78 is 5.15. The largest absolute Gasteiger partial charge is 0.462 e. The third-order valence-corrected chi connectivity index (χ3v) is 5.23. The molecule has 0 spiro atoms. The van der Waals surface area contributed by atoms with Crippen molar-refractivity contribution in [3.05, 3.63) is 52.7 Å². The second-order valence-electron chi connectivity index (χ2n) is 5.78. The van der Waals surface area contributed by atoms with E-state index in [1.807, 2.05) is 42.2 Å². The fraction of sp³-hybridized carbons (Fsp3) is 0.316. The predicted octanol–water partition coefficient (Wildman–Crippen LogP) is 3.18. The smallest absolute Gasteiger partial charge is 0.348 e. The van der Waals surface area contributed by atoms with E-state index in [-0.39, 0.29) is 12.6 Å². The van der Waals surface area contributed by atoms with Crippen LogP contribution in [0.1, 0.15) is 27.7 Å². The summed E-state index contributed by atoms with van der Waals surface area (Å²) >= 11 is 1.31. The first kappa shape index (κ1) is 18.3. The number of hydrogen-bond donors (Lipinski definition) is 1. The van der Waals surface area contributed by atoms with Crippen LogP contribution in [0.2, 0.25) is 0 Å². The molecule has 0 aliphatic rings. The Morgan fingerprint density at radius 2 is 2.04 bits per heavy atom. The molecule has 3 rings (SSSR count). The van der Waals surface area contributed by atoms with Crippen molar-refractivity contribution in [2.45, 2.75) is 20.4 Å². The van der Waals surface area contributed by atoms with Gasteiger partial charge in [-0.1, -0.05) is 30.3 Å². The van der Waals surface area contributed by atoms with Crippen LogP contribution in [0.3, 0.4) is 0 Å². The van der Waals surface area contributed by atoms with Gasteiger partial charge in [0.25, 0.3) is 0 Å². The number of ether oxygens (including phenoxy) is 1. The highest BCUT2D eigenvalue weighted by atomic mass is 32.1. The molecule has 136 valence electrons. The van der Waals surface area contributed by atoms with Gasteiger partial charge in [0.05, 0.1) is 18.6 Å². The summed E-state index contributed by atoms with van der Waals surface area (Å²) in [5.74, 6) is 0.382. The van der Waals surface area contributed by atoms with Crippen molar-refractivity contribution >= 4 is 33.3 Å². The average Bonchev–Trinajstić information content (AvgIpc) is 3.00. The van der Waals surface area contributed by atoms with Crippen LogP contribution in [-0.2, 0) is 11.3 Å². The minimum atomic E-state index is -0.337. The van der Waals surface area contributed by atoms with Crippen molar-refractivity contribution in [3.8, 4) is 0 Å². The minimum absolute atomic E-state index is 0.00620. The second kappa shape index (κ2) is 8.25. The van der Waals surface area contributed by atoms with Gasteiger partial charge in [0.15, 0.2) is 0 Å². The van der Waals surface area contributed by atoms with E-state index in [1.54, 1.807) is 6.92 Å². The van der Waals surface area contributed by atoms with Crippen LogP contribution in [0, 0.1) is 6.92 Å². The zero-order chi connectivity index (χ0) is 18.5. The van der Waals surface area contributed by atoms with Gasteiger partial charge >= 0.3 is 5.97 Å². The lowest BCUT2D eigenvalue weighted by atomic mass is 10.1. The predicted molar refractivity (Wildman–Crippen MR) is 103 cm³/mol. The summed E-state index contributed by atoms with van der Waals surface area (Å²) in [5, 5.41) is 10.4. The van der Waals surface area contributed by atoms with Crippen LogP contribution in [0.4, 0.5) is 5.82 Å². The fourth-order valence-electron chi connectivity index (χ4n) is 2.87. The Labute approximate surface area is 156 Å². The molecule has 1 aromatic carbocycles. The molecule has 26 heavy (non-hydrogen) atoms. The van der Waals surface area contributed by atoms with E-state index >= 15 is 0 Å². The zero-order valence-corrected chi connectivity index (χ0v) is 15.6. The molecule has 6 nitrogen and oxygen atoms in total. The fourth-order valence-corrected chi connectivity index (χ4v) is 3.91. The van der Waals surface area contributed by atoms with E-state index in [0.29, 0.717) is 24.6 Å². The Balaban J connectivity index is 2.05. The van der Waals surface area contributed by atoms with Crippen molar-refractivity contribution in [2.75, 3.05) is 24.7 Å². The Morgan fingerprint density at radius 1 is 1.27 bits per heavy atom. The summed E-state index contributed by atoms with van der Waals surface area (Å²) in [6.45, 7) is 5.05. The number of aryl methyl sites for hydroxylation is 1. The lowest BCUT2D eigenvalue weighted by Gasteiger charge is -2.23. The first-order chi connectivity index (χ1) is 12.7. The molecule has 0 atom stereocenters. The zero-order valence-electron chi connectivity index (χ0n) is 14.8. The lowest BCUT2D eigenvalue weighted by Crippen LogP contribution is -2.27. The highest BCUT2D eigenvalue weighted by Gasteiger charge is 2.22. The maximum absolute atomic E-state index is 12.2. The van der Waals surface area contributed by atoms with Gasteiger partial charge in [-0.3, -0.25) is 0 Å². The number of rotatable bonds is 7. The second-order valence-corrected chi connectivity index (χ2v) is 6.78. The Bertz CT molecular complexity index is 896. The topological polar surface area (TPSA) is 75.5 Å². The van der Waals surface area contributed by atoms with E-state index in [0.717, 1.165) is 27.2 Å². The Kier molecular flexibility index (Phi) is 5.80. The standard InChI is InChI=1S/C19H21N3O3S/c1-3-25-19(24)16-13(2)15-17(20-12-21-18(15)26-16)22(9-10-23)11-14-7-5-4-6-8-14/h4-8,12,23H,3,9-11H2,1-2H3. The number of aliphatic hydroxyl groups is 1. The number of esters is 1. The van der Waals surface area contributed by atoms with Crippen LogP contribution in [0.5, 0.6) is 0 Å². The summed E-state index contributed by atoms with van der Waals surface area (Å²) in [6.07, 6.45) is 1.50. The molecule has 3 aromatic rings. The Hall–Kier alpha value is -2.51. The van der Waals surface area contributed by atoms with Crippen molar-refractivity contribution in [1.82, 2.24) is 9.97 Å². The summed E-state index contributed by atoms with van der Waals surface area (Å²) in [5.41, 5.74) is 1.93. The molecule has 0 unspecified atom stereocenters. The monoisotopic (exact) mass is 371 g/mol. The molecule has 0 bridgehead atoms. The maximum atomic E-state index is 12.2. The van der Waals surface area contributed by atoms with Gasteiger partial charge in [0.1, 0.15) is 21.9 Å². The quantitative estimate of drug-likeness (QED) is 0.643. The number of aliphatic hydroxyl groups excluding tert-OH is 1. The minimum Gasteiger partial charge on any atom is -0.462 e. The van der Waals surface area contributed by atoms with Crippen molar-refractivity contribution in [1.29, 1.82) is 0 Å². The highest BCUT2D eigenvalue weighted by molar-refractivity contribution is 7.20. The summed E-state index contributed by atoms with van der Waals surface area (Å²) in [7, 11) is 0. The van der Waals surface area contributed by atoms with E-state index in [2.05, 4.69) is 9.97 Å². The molecular formula is C19H21N3O3S. The van der Waals surface area contributed by atoms with Gasteiger partial charge in [0.2, 0.25) is 0 Å². The number of carbonyl (C=O) groups excluding carboxylic acids is 1. The molecule has 1 N–H and O–H groups in total.